The van der Waals surface area contributed by atoms with Crippen LogP contribution in [0.4, 0.5) is 15.2 Å². The van der Waals surface area contributed by atoms with Gasteiger partial charge in [0.15, 0.2) is 16.7 Å². The lowest BCUT2D eigenvalue weighted by atomic mass is 10.1. The molecule has 0 spiro atoms. The molecule has 2 aromatic carbocycles. The van der Waals surface area contributed by atoms with Crippen molar-refractivity contribution in [3.63, 3.8) is 0 Å². The van der Waals surface area contributed by atoms with Crippen molar-refractivity contribution in [2.75, 3.05) is 11.9 Å². The predicted octanol–water partition coefficient (Wildman–Crippen LogP) is 6.49. The third kappa shape index (κ3) is 5.42. The molecular formula is C24H22FN3OS. The number of benzene rings is 2. The number of pyridine rings is 1. The molecule has 0 aliphatic rings. The molecule has 0 amide bonds. The second kappa shape index (κ2) is 9.98. The lowest BCUT2D eigenvalue weighted by Gasteiger charge is -2.09. The van der Waals surface area contributed by atoms with Crippen molar-refractivity contribution in [3.05, 3.63) is 89.8 Å². The number of anilines is 2. The average molecular weight is 420 g/mol. The molecule has 0 aliphatic heterocycles. The number of hydrogen-bond acceptors (Lipinski definition) is 5. The van der Waals surface area contributed by atoms with Crippen molar-refractivity contribution >= 4 is 22.2 Å². The highest BCUT2D eigenvalue weighted by Crippen LogP contribution is 2.28. The second-order valence-electron chi connectivity index (χ2n) is 6.84. The number of hydrogen-bond donors (Lipinski definition) is 1. The van der Waals surface area contributed by atoms with Gasteiger partial charge in [-0.3, -0.25) is 4.98 Å². The van der Waals surface area contributed by atoms with Crippen LogP contribution in [0, 0.1) is 5.82 Å². The van der Waals surface area contributed by atoms with Crippen LogP contribution in [0.25, 0.3) is 11.3 Å². The monoisotopic (exact) mass is 419 g/mol. The molecule has 4 aromatic rings. The molecule has 2 aromatic heterocycles. The van der Waals surface area contributed by atoms with Crippen molar-refractivity contribution in [1.82, 2.24) is 9.97 Å². The van der Waals surface area contributed by atoms with Crippen LogP contribution in [0.2, 0.25) is 0 Å². The molecule has 4 rings (SSSR count). The molecule has 6 heteroatoms. The summed E-state index contributed by atoms with van der Waals surface area (Å²) in [6.07, 6.45) is 6.39. The number of unbranched alkanes of at least 4 members (excludes halogenated alkanes) is 1. The first kappa shape index (κ1) is 20.0. The second-order valence-corrected chi connectivity index (χ2v) is 7.70. The number of nitrogens with zero attached hydrogens (tertiary/aromatic N) is 2. The third-order valence-corrected chi connectivity index (χ3v) is 5.36. The van der Waals surface area contributed by atoms with Crippen molar-refractivity contribution in [3.8, 4) is 17.0 Å². The molecule has 4 nitrogen and oxygen atoms in total. The zero-order chi connectivity index (χ0) is 20.6. The third-order valence-electron chi connectivity index (χ3n) is 4.60. The fourth-order valence-electron chi connectivity index (χ4n) is 3.06. The Morgan fingerprint density at radius 2 is 1.90 bits per heavy atom. The smallest absolute Gasteiger partial charge is 0.187 e. The average Bonchev–Trinajstić information content (AvgIpc) is 3.25. The first-order valence-corrected chi connectivity index (χ1v) is 10.7. The number of nitrogens with one attached hydrogen (secondary N) is 1. The largest absolute Gasteiger partial charge is 0.491 e. The van der Waals surface area contributed by atoms with Gasteiger partial charge in [0.25, 0.3) is 0 Å². The van der Waals surface area contributed by atoms with E-state index in [1.165, 1.54) is 23.0 Å². The normalized spacial score (nSPS) is 10.7. The number of ether oxygens (including phenoxy) is 1. The summed E-state index contributed by atoms with van der Waals surface area (Å²) in [6, 6.07) is 19.1. The van der Waals surface area contributed by atoms with Crippen LogP contribution in [0.5, 0.6) is 5.75 Å². The minimum atomic E-state index is -0.382. The Balaban J connectivity index is 1.27. The Hall–Kier alpha value is -3.25. The maximum atomic E-state index is 14.4. The Kier molecular flexibility index (Phi) is 6.67. The molecule has 0 saturated heterocycles. The van der Waals surface area contributed by atoms with Gasteiger partial charge in [0.2, 0.25) is 0 Å². The van der Waals surface area contributed by atoms with Gasteiger partial charge < -0.3 is 10.1 Å². The van der Waals surface area contributed by atoms with Crippen LogP contribution in [0.15, 0.2) is 78.4 Å². The Morgan fingerprint density at radius 1 is 1.00 bits per heavy atom. The number of rotatable bonds is 9. The van der Waals surface area contributed by atoms with Crippen molar-refractivity contribution in [2.45, 2.75) is 19.3 Å². The summed E-state index contributed by atoms with van der Waals surface area (Å²) in [7, 11) is 0. The van der Waals surface area contributed by atoms with E-state index in [2.05, 4.69) is 27.4 Å². The van der Waals surface area contributed by atoms with Crippen molar-refractivity contribution < 1.29 is 9.13 Å². The molecule has 152 valence electrons. The topological polar surface area (TPSA) is 47.0 Å². The van der Waals surface area contributed by atoms with E-state index in [0.717, 1.165) is 30.5 Å². The van der Waals surface area contributed by atoms with Gasteiger partial charge in [-0.25, -0.2) is 9.37 Å². The Labute approximate surface area is 179 Å². The molecular weight excluding hydrogens is 397 g/mol. The molecule has 0 radical (unpaired) electrons. The highest BCUT2D eigenvalue weighted by Gasteiger charge is 2.08. The summed E-state index contributed by atoms with van der Waals surface area (Å²) in [5.41, 5.74) is 3.74. The molecule has 30 heavy (non-hydrogen) atoms. The summed E-state index contributed by atoms with van der Waals surface area (Å²) >= 11 is 1.46. The summed E-state index contributed by atoms with van der Waals surface area (Å²) in [5, 5.41) is 5.79. The summed E-state index contributed by atoms with van der Waals surface area (Å²) < 4.78 is 20.0. The number of aromatic nitrogens is 2. The maximum Gasteiger partial charge on any atom is 0.187 e. The van der Waals surface area contributed by atoms with Gasteiger partial charge in [-0.05, 0) is 49.1 Å². The fraction of sp³-hybridized carbons (Fsp3) is 0.167. The molecule has 2 heterocycles. The van der Waals surface area contributed by atoms with Gasteiger partial charge in [-0.15, -0.1) is 11.3 Å². The number of aryl methyl sites for hydroxylation is 1. The van der Waals surface area contributed by atoms with Gasteiger partial charge in [-0.1, -0.05) is 30.3 Å². The van der Waals surface area contributed by atoms with E-state index in [1.54, 1.807) is 24.5 Å². The van der Waals surface area contributed by atoms with Crippen LogP contribution in [0.1, 0.15) is 18.4 Å². The summed E-state index contributed by atoms with van der Waals surface area (Å²) in [4.78, 5) is 8.64. The lowest BCUT2D eigenvalue weighted by Crippen LogP contribution is -2.01. The van der Waals surface area contributed by atoms with Gasteiger partial charge in [0, 0.05) is 35.1 Å². The van der Waals surface area contributed by atoms with E-state index in [9.17, 15) is 4.39 Å². The minimum absolute atomic E-state index is 0.274. The molecule has 0 atom stereocenters. The lowest BCUT2D eigenvalue weighted by molar-refractivity contribution is 0.292. The molecule has 0 fully saturated rings. The Morgan fingerprint density at radius 3 is 2.70 bits per heavy atom. The van der Waals surface area contributed by atoms with Gasteiger partial charge >= 0.3 is 0 Å². The van der Waals surface area contributed by atoms with E-state index in [4.69, 9.17) is 4.74 Å². The molecule has 0 aliphatic carbocycles. The zero-order valence-corrected chi connectivity index (χ0v) is 17.2. The van der Waals surface area contributed by atoms with Gasteiger partial charge in [-0.2, -0.15) is 0 Å². The highest BCUT2D eigenvalue weighted by molar-refractivity contribution is 7.14. The van der Waals surface area contributed by atoms with E-state index < -0.39 is 0 Å². The van der Waals surface area contributed by atoms with E-state index in [1.807, 2.05) is 35.7 Å². The predicted molar refractivity (Wildman–Crippen MR) is 120 cm³/mol. The first-order chi connectivity index (χ1) is 14.8. The van der Waals surface area contributed by atoms with Crippen LogP contribution >= 0.6 is 11.3 Å². The molecule has 0 unspecified atom stereocenters. The highest BCUT2D eigenvalue weighted by atomic mass is 32.1. The standard InChI is InChI=1S/C24H22FN3OS/c25-21-15-20(27-24-28-22(17-30-24)19-10-6-13-26-16-19)11-12-23(21)29-14-5-4-9-18-7-2-1-3-8-18/h1-3,6-8,10-13,15-17H,4-5,9,14H2,(H,27,28). The fourth-order valence-corrected chi connectivity index (χ4v) is 3.80. The SMILES string of the molecule is Fc1cc(Nc2nc(-c3cccnc3)cs2)ccc1OCCCCc1ccccc1. The van der Waals surface area contributed by atoms with Crippen LogP contribution in [-0.4, -0.2) is 16.6 Å². The maximum absolute atomic E-state index is 14.4. The van der Waals surface area contributed by atoms with Crippen LogP contribution < -0.4 is 10.1 Å². The van der Waals surface area contributed by atoms with Crippen LogP contribution in [-0.2, 0) is 6.42 Å². The molecule has 0 bridgehead atoms. The zero-order valence-electron chi connectivity index (χ0n) is 16.4. The van der Waals surface area contributed by atoms with Crippen molar-refractivity contribution in [2.24, 2.45) is 0 Å². The first-order valence-electron chi connectivity index (χ1n) is 9.87. The van der Waals surface area contributed by atoms with E-state index in [0.29, 0.717) is 17.4 Å². The summed E-state index contributed by atoms with van der Waals surface area (Å²) in [5.74, 6) is -0.109. The number of halogens is 1. The minimum Gasteiger partial charge on any atom is -0.491 e. The summed E-state index contributed by atoms with van der Waals surface area (Å²) in [6.45, 7) is 0.498. The van der Waals surface area contributed by atoms with E-state index >= 15 is 0 Å². The Bertz CT molecular complexity index is 1070. The van der Waals surface area contributed by atoms with E-state index in [-0.39, 0.29) is 11.6 Å². The van der Waals surface area contributed by atoms with Gasteiger partial charge in [0.05, 0.1) is 12.3 Å². The van der Waals surface area contributed by atoms with Gasteiger partial charge in [0.1, 0.15) is 0 Å². The number of thiazole rings is 1. The van der Waals surface area contributed by atoms with Crippen molar-refractivity contribution in [1.29, 1.82) is 0 Å². The van der Waals surface area contributed by atoms with Crippen LogP contribution in [0.3, 0.4) is 0 Å². The quantitative estimate of drug-likeness (QED) is 0.315. The molecule has 1 N–H and O–H groups in total. The molecule has 0 saturated carbocycles.